The Bertz CT molecular complexity index is 1060. The highest BCUT2D eigenvalue weighted by atomic mass is 79.9. The van der Waals surface area contributed by atoms with Crippen LogP contribution in [0.15, 0.2) is 58.0 Å². The molecule has 23 heavy (non-hydrogen) atoms. The van der Waals surface area contributed by atoms with Gasteiger partial charge < -0.3 is 5.11 Å². The van der Waals surface area contributed by atoms with Gasteiger partial charge in [0.2, 0.25) is 0 Å². The number of halogens is 1. The molecule has 0 fully saturated rings. The van der Waals surface area contributed by atoms with Gasteiger partial charge in [0.1, 0.15) is 16.8 Å². The Balaban J connectivity index is 1.79. The van der Waals surface area contributed by atoms with Crippen molar-refractivity contribution in [3.63, 3.8) is 0 Å². The molecule has 0 aliphatic rings. The quantitative estimate of drug-likeness (QED) is 0.492. The molecule has 0 saturated heterocycles. The van der Waals surface area contributed by atoms with Crippen molar-refractivity contribution in [1.82, 2.24) is 8.75 Å². The van der Waals surface area contributed by atoms with Gasteiger partial charge in [0.05, 0.1) is 17.4 Å². The molecule has 0 spiro atoms. The van der Waals surface area contributed by atoms with E-state index in [2.05, 4.69) is 29.7 Å². The molecule has 3 aromatic carbocycles. The van der Waals surface area contributed by atoms with Crippen LogP contribution in [0.2, 0.25) is 0 Å². The average Bonchev–Trinajstić information content (AvgIpc) is 3.02. The molecule has 0 radical (unpaired) electrons. The van der Waals surface area contributed by atoms with E-state index in [1.807, 2.05) is 42.5 Å². The van der Waals surface area contributed by atoms with Crippen LogP contribution in [0.1, 0.15) is 5.56 Å². The van der Waals surface area contributed by atoms with Gasteiger partial charge in [-0.25, -0.2) is 0 Å². The monoisotopic (exact) mass is 383 g/mol. The average molecular weight is 384 g/mol. The number of fused-ring (bicyclic) bond motifs is 2. The number of aromatic hydroxyl groups is 1. The Kier molecular flexibility index (Phi) is 3.55. The number of aromatic nitrogens is 2. The van der Waals surface area contributed by atoms with Crippen molar-refractivity contribution in [2.45, 2.75) is 0 Å². The van der Waals surface area contributed by atoms with Crippen LogP contribution in [0.4, 0.5) is 5.69 Å². The molecule has 0 aliphatic heterocycles. The first kappa shape index (κ1) is 14.3. The van der Waals surface area contributed by atoms with Crippen molar-refractivity contribution < 1.29 is 5.11 Å². The summed E-state index contributed by atoms with van der Waals surface area (Å²) in [6, 6.07) is 15.3. The number of phenols is 1. The van der Waals surface area contributed by atoms with Gasteiger partial charge in [0.15, 0.2) is 0 Å². The molecule has 0 atom stereocenters. The molecular weight excluding hydrogens is 374 g/mol. The lowest BCUT2D eigenvalue weighted by Crippen LogP contribution is -1.84. The Hall–Kier alpha value is -2.31. The van der Waals surface area contributed by atoms with E-state index in [1.165, 1.54) is 11.7 Å². The summed E-state index contributed by atoms with van der Waals surface area (Å²) in [5.74, 6) is 0.197. The number of rotatable bonds is 2. The predicted octanol–water partition coefficient (Wildman–Crippen LogP) is 5.06. The third-order valence-electron chi connectivity index (χ3n) is 3.56. The third kappa shape index (κ3) is 2.71. The molecule has 4 rings (SSSR count). The first-order valence-electron chi connectivity index (χ1n) is 6.88. The standard InChI is InChI=1S/C17H10BrN3OS/c18-13-5-4-10-6-12(16(22)8-11(10)7-13)9-19-14-2-1-3-15-17(14)21-23-20-15/h1-9,22H. The number of hydrogen-bond acceptors (Lipinski definition) is 5. The highest BCUT2D eigenvalue weighted by Crippen LogP contribution is 2.28. The molecule has 0 bridgehead atoms. The summed E-state index contributed by atoms with van der Waals surface area (Å²) >= 11 is 4.60. The van der Waals surface area contributed by atoms with Gasteiger partial charge in [0, 0.05) is 16.3 Å². The van der Waals surface area contributed by atoms with Crippen molar-refractivity contribution in [2.24, 2.45) is 4.99 Å². The van der Waals surface area contributed by atoms with E-state index in [0.717, 1.165) is 32.0 Å². The summed E-state index contributed by atoms with van der Waals surface area (Å²) in [5, 5.41) is 12.2. The zero-order chi connectivity index (χ0) is 15.8. The second-order valence-electron chi connectivity index (χ2n) is 5.07. The second-order valence-corrected chi connectivity index (χ2v) is 6.51. The van der Waals surface area contributed by atoms with E-state index in [0.29, 0.717) is 5.56 Å². The van der Waals surface area contributed by atoms with Crippen molar-refractivity contribution in [3.8, 4) is 5.75 Å². The number of benzene rings is 3. The minimum absolute atomic E-state index is 0.197. The fourth-order valence-corrected chi connectivity index (χ4v) is 3.34. The molecular formula is C17H10BrN3OS. The van der Waals surface area contributed by atoms with Gasteiger partial charge in [-0.3, -0.25) is 4.99 Å². The van der Waals surface area contributed by atoms with Crippen LogP contribution in [0.5, 0.6) is 5.75 Å². The smallest absolute Gasteiger partial charge is 0.130 e. The number of nitrogens with zero attached hydrogens (tertiary/aromatic N) is 3. The lowest BCUT2D eigenvalue weighted by molar-refractivity contribution is 0.475. The molecule has 1 heterocycles. The maximum atomic E-state index is 10.2. The Morgan fingerprint density at radius 1 is 1.04 bits per heavy atom. The number of phenolic OH excluding ortho intramolecular Hbond substituents is 1. The molecule has 1 N–H and O–H groups in total. The minimum Gasteiger partial charge on any atom is -0.507 e. The van der Waals surface area contributed by atoms with E-state index in [-0.39, 0.29) is 5.75 Å². The van der Waals surface area contributed by atoms with Crippen LogP contribution in [0.25, 0.3) is 21.8 Å². The molecule has 0 saturated carbocycles. The largest absolute Gasteiger partial charge is 0.507 e. The van der Waals surface area contributed by atoms with Gasteiger partial charge in [0.25, 0.3) is 0 Å². The van der Waals surface area contributed by atoms with E-state index < -0.39 is 0 Å². The normalized spacial score (nSPS) is 11.7. The zero-order valence-corrected chi connectivity index (χ0v) is 14.2. The van der Waals surface area contributed by atoms with Crippen LogP contribution in [-0.2, 0) is 0 Å². The molecule has 4 aromatic rings. The van der Waals surface area contributed by atoms with Crippen molar-refractivity contribution in [2.75, 3.05) is 0 Å². The number of aliphatic imine (C=N–C) groups is 1. The molecule has 0 amide bonds. The summed E-state index contributed by atoms with van der Waals surface area (Å²) in [5.41, 5.74) is 3.02. The van der Waals surface area contributed by atoms with Gasteiger partial charge in [-0.1, -0.05) is 28.1 Å². The van der Waals surface area contributed by atoms with Gasteiger partial charge in [-0.15, -0.1) is 0 Å². The van der Waals surface area contributed by atoms with Gasteiger partial charge in [-0.2, -0.15) is 8.75 Å². The molecule has 1 aromatic heterocycles. The first-order valence-corrected chi connectivity index (χ1v) is 8.41. The second kappa shape index (κ2) is 5.72. The van der Waals surface area contributed by atoms with Crippen LogP contribution >= 0.6 is 27.7 Å². The first-order chi connectivity index (χ1) is 11.2. The van der Waals surface area contributed by atoms with Crippen LogP contribution < -0.4 is 0 Å². The lowest BCUT2D eigenvalue weighted by atomic mass is 10.1. The van der Waals surface area contributed by atoms with E-state index in [9.17, 15) is 5.11 Å². The molecule has 0 aliphatic carbocycles. The third-order valence-corrected chi connectivity index (χ3v) is 4.59. The van der Waals surface area contributed by atoms with Crippen LogP contribution in [-0.4, -0.2) is 20.1 Å². The number of hydrogen-bond donors (Lipinski definition) is 1. The van der Waals surface area contributed by atoms with Gasteiger partial charge >= 0.3 is 0 Å². The Morgan fingerprint density at radius 2 is 1.96 bits per heavy atom. The fraction of sp³-hybridized carbons (Fsp3) is 0. The summed E-state index contributed by atoms with van der Waals surface area (Å²) in [7, 11) is 0. The minimum atomic E-state index is 0.197. The summed E-state index contributed by atoms with van der Waals surface area (Å²) in [6.07, 6.45) is 1.66. The van der Waals surface area contributed by atoms with Gasteiger partial charge in [-0.05, 0) is 47.2 Å². The van der Waals surface area contributed by atoms with E-state index in [1.54, 1.807) is 12.3 Å². The fourth-order valence-electron chi connectivity index (χ4n) is 2.41. The Labute approximate surface area is 144 Å². The van der Waals surface area contributed by atoms with E-state index in [4.69, 9.17) is 0 Å². The molecule has 112 valence electrons. The van der Waals surface area contributed by atoms with Crippen LogP contribution in [0.3, 0.4) is 0 Å². The molecule has 6 heteroatoms. The van der Waals surface area contributed by atoms with Crippen LogP contribution in [0, 0.1) is 0 Å². The highest BCUT2D eigenvalue weighted by Gasteiger charge is 2.05. The van der Waals surface area contributed by atoms with Crippen molar-refractivity contribution in [3.05, 3.63) is 58.6 Å². The van der Waals surface area contributed by atoms with E-state index >= 15 is 0 Å². The summed E-state index contributed by atoms with van der Waals surface area (Å²) in [4.78, 5) is 4.47. The summed E-state index contributed by atoms with van der Waals surface area (Å²) < 4.78 is 9.45. The molecule has 0 unspecified atom stereocenters. The molecule has 4 nitrogen and oxygen atoms in total. The van der Waals surface area contributed by atoms with Crippen molar-refractivity contribution >= 4 is 61.4 Å². The maximum absolute atomic E-state index is 10.2. The topological polar surface area (TPSA) is 58.4 Å². The summed E-state index contributed by atoms with van der Waals surface area (Å²) in [6.45, 7) is 0. The zero-order valence-electron chi connectivity index (χ0n) is 11.8. The Morgan fingerprint density at radius 3 is 2.87 bits per heavy atom. The lowest BCUT2D eigenvalue weighted by Gasteiger charge is -2.04. The maximum Gasteiger partial charge on any atom is 0.130 e. The SMILES string of the molecule is Oc1cc2cc(Br)ccc2cc1C=Nc1cccc2nsnc12. The van der Waals surface area contributed by atoms with Crippen molar-refractivity contribution in [1.29, 1.82) is 0 Å². The predicted molar refractivity (Wildman–Crippen MR) is 98.0 cm³/mol. The highest BCUT2D eigenvalue weighted by molar-refractivity contribution is 9.10.